The molecule has 4 rings (SSSR count). The van der Waals surface area contributed by atoms with Crippen molar-refractivity contribution in [3.05, 3.63) is 0 Å². The number of unbranched alkanes of at least 4 members (excludes halogenated alkanes) is 2. The van der Waals surface area contributed by atoms with Crippen LogP contribution >= 0.6 is 0 Å². The fourth-order valence-electron chi connectivity index (χ4n) is 13.9. The second-order valence-electron chi connectivity index (χ2n) is 19.0. The molecule has 12 unspecified atom stereocenters. The maximum Gasteiger partial charge on any atom is 0.0101 e. The maximum absolute atomic E-state index is 7.66. The summed E-state index contributed by atoms with van der Waals surface area (Å²) in [5.74, 6) is 8.24. The Labute approximate surface area is 271 Å². The van der Waals surface area contributed by atoms with E-state index in [0.29, 0.717) is 33.6 Å². The summed E-state index contributed by atoms with van der Waals surface area (Å²) in [6.45, 7) is 30.9. The first-order valence-corrected chi connectivity index (χ1v) is 19.9. The molecule has 0 aromatic rings. The molecule has 1 heteroatoms. The van der Waals surface area contributed by atoms with E-state index in [2.05, 4.69) is 83.1 Å². The predicted octanol–water partition coefficient (Wildman–Crippen LogP) is 12.6. The fourth-order valence-corrected chi connectivity index (χ4v) is 13.9. The molecule has 2 N–H and O–H groups in total. The van der Waals surface area contributed by atoms with E-state index in [9.17, 15) is 0 Å². The van der Waals surface area contributed by atoms with Gasteiger partial charge in [-0.1, -0.05) is 141 Å². The highest BCUT2D eigenvalue weighted by atomic mass is 14.8. The van der Waals surface area contributed by atoms with E-state index < -0.39 is 0 Å². The Morgan fingerprint density at radius 1 is 0.767 bits per heavy atom. The van der Waals surface area contributed by atoms with Crippen molar-refractivity contribution >= 4 is 0 Å². The molecule has 252 valence electrons. The lowest BCUT2D eigenvalue weighted by Gasteiger charge is -2.57. The lowest BCUT2D eigenvalue weighted by Crippen LogP contribution is -2.53. The third-order valence-corrected chi connectivity index (χ3v) is 17.1. The second kappa shape index (κ2) is 13.6. The fraction of sp³-hybridized carbons (Fsp3) is 1.00. The zero-order valence-electron chi connectivity index (χ0n) is 31.5. The molecule has 0 bridgehead atoms. The molecule has 4 saturated carbocycles. The Morgan fingerprint density at radius 3 is 2.02 bits per heavy atom. The molecule has 0 aliphatic heterocycles. The standard InChI is InChI=1S/C42H79N/c1-13-16-17-22-31-27-33-36(42(31,30(6)20-14-2)35-23-19-18-21-28(35)4)25-24-32(38(33)43)29(5)26-37-34(15-3)39(7,8)41(11,12)40(37,9)10/h28-38H,13-27,43H2,1-12H3. The van der Waals surface area contributed by atoms with E-state index in [1.54, 1.807) is 0 Å². The van der Waals surface area contributed by atoms with Gasteiger partial charge in [0.1, 0.15) is 0 Å². The summed E-state index contributed by atoms with van der Waals surface area (Å²) in [5, 5.41) is 0. The van der Waals surface area contributed by atoms with Crippen LogP contribution in [0, 0.1) is 80.8 Å². The van der Waals surface area contributed by atoms with Crippen molar-refractivity contribution in [2.24, 2.45) is 86.6 Å². The average molecular weight is 598 g/mol. The van der Waals surface area contributed by atoms with Crippen LogP contribution in [0.1, 0.15) is 179 Å². The van der Waals surface area contributed by atoms with Gasteiger partial charge in [-0.25, -0.2) is 0 Å². The van der Waals surface area contributed by atoms with Gasteiger partial charge in [-0.2, -0.15) is 0 Å². The van der Waals surface area contributed by atoms with Gasteiger partial charge in [0, 0.05) is 6.04 Å². The minimum absolute atomic E-state index is 0.341. The van der Waals surface area contributed by atoms with Crippen molar-refractivity contribution in [3.63, 3.8) is 0 Å². The highest BCUT2D eigenvalue weighted by molar-refractivity contribution is 5.14. The SMILES string of the molecule is CCCCCC1CC2C(N)C(C(C)CC3C(CC)C(C)(C)C(C)(C)C3(C)C)CCC2C1(C(C)CCC)C1CCCCC1C. The summed E-state index contributed by atoms with van der Waals surface area (Å²) in [5.41, 5.74) is 9.26. The van der Waals surface area contributed by atoms with Gasteiger partial charge in [-0.05, 0) is 119 Å². The predicted molar refractivity (Wildman–Crippen MR) is 190 cm³/mol. The minimum atomic E-state index is 0.341. The summed E-state index contributed by atoms with van der Waals surface area (Å²) in [6, 6.07) is 0.405. The Morgan fingerprint density at radius 2 is 1.42 bits per heavy atom. The number of rotatable bonds is 12. The Kier molecular flexibility index (Phi) is 11.3. The van der Waals surface area contributed by atoms with Crippen LogP contribution in [0.2, 0.25) is 0 Å². The van der Waals surface area contributed by atoms with Crippen LogP contribution in [-0.4, -0.2) is 6.04 Å². The van der Waals surface area contributed by atoms with Crippen LogP contribution in [0.25, 0.3) is 0 Å². The largest absolute Gasteiger partial charge is 0.327 e. The smallest absolute Gasteiger partial charge is 0.0101 e. The van der Waals surface area contributed by atoms with Crippen LogP contribution in [0.5, 0.6) is 0 Å². The molecule has 0 saturated heterocycles. The normalized spacial score (nSPS) is 43.3. The van der Waals surface area contributed by atoms with Crippen molar-refractivity contribution in [2.75, 3.05) is 0 Å². The van der Waals surface area contributed by atoms with Crippen molar-refractivity contribution in [2.45, 2.75) is 185 Å². The maximum atomic E-state index is 7.66. The quantitative estimate of drug-likeness (QED) is 0.222. The third kappa shape index (κ3) is 5.75. The number of nitrogens with two attached hydrogens (primary N) is 1. The molecular weight excluding hydrogens is 518 g/mol. The summed E-state index contributed by atoms with van der Waals surface area (Å²) in [6.07, 6.45) is 21.4. The van der Waals surface area contributed by atoms with Crippen LogP contribution in [0.4, 0.5) is 0 Å². The average Bonchev–Trinajstić information content (AvgIpc) is 3.32. The third-order valence-electron chi connectivity index (χ3n) is 17.1. The highest BCUT2D eigenvalue weighted by Crippen LogP contribution is 2.71. The van der Waals surface area contributed by atoms with E-state index in [1.165, 1.54) is 96.3 Å². The molecule has 4 aliphatic carbocycles. The molecule has 12 atom stereocenters. The first-order chi connectivity index (χ1) is 20.2. The summed E-state index contributed by atoms with van der Waals surface area (Å²) in [4.78, 5) is 0. The van der Waals surface area contributed by atoms with Gasteiger partial charge in [0.2, 0.25) is 0 Å². The molecule has 0 radical (unpaired) electrons. The Bertz CT molecular complexity index is 883. The number of hydrogen-bond acceptors (Lipinski definition) is 1. The highest BCUT2D eigenvalue weighted by Gasteiger charge is 2.65. The lowest BCUT2D eigenvalue weighted by atomic mass is 9.48. The number of fused-ring (bicyclic) bond motifs is 1. The van der Waals surface area contributed by atoms with E-state index in [4.69, 9.17) is 5.73 Å². The molecule has 0 spiro atoms. The second-order valence-corrected chi connectivity index (χ2v) is 19.0. The van der Waals surface area contributed by atoms with Crippen molar-refractivity contribution in [3.8, 4) is 0 Å². The van der Waals surface area contributed by atoms with Gasteiger partial charge in [0.05, 0.1) is 0 Å². The first kappa shape index (κ1) is 35.8. The molecule has 4 fully saturated rings. The molecule has 43 heavy (non-hydrogen) atoms. The molecule has 4 aliphatic rings. The molecule has 0 aromatic heterocycles. The monoisotopic (exact) mass is 598 g/mol. The minimum Gasteiger partial charge on any atom is -0.327 e. The van der Waals surface area contributed by atoms with Gasteiger partial charge in [0.25, 0.3) is 0 Å². The number of hydrogen-bond donors (Lipinski definition) is 1. The Hall–Kier alpha value is -0.0400. The van der Waals surface area contributed by atoms with Crippen LogP contribution in [0.3, 0.4) is 0 Å². The molecule has 0 amide bonds. The van der Waals surface area contributed by atoms with Crippen molar-refractivity contribution < 1.29 is 0 Å². The van der Waals surface area contributed by atoms with Crippen LogP contribution in [-0.2, 0) is 0 Å². The summed E-state index contributed by atoms with van der Waals surface area (Å²) < 4.78 is 0. The summed E-state index contributed by atoms with van der Waals surface area (Å²) in [7, 11) is 0. The molecule has 0 aromatic carbocycles. The van der Waals surface area contributed by atoms with Crippen LogP contribution in [0.15, 0.2) is 0 Å². The van der Waals surface area contributed by atoms with E-state index in [1.807, 2.05) is 0 Å². The van der Waals surface area contributed by atoms with Crippen molar-refractivity contribution in [1.29, 1.82) is 0 Å². The van der Waals surface area contributed by atoms with Gasteiger partial charge < -0.3 is 5.73 Å². The van der Waals surface area contributed by atoms with E-state index in [-0.39, 0.29) is 0 Å². The zero-order chi connectivity index (χ0) is 32.0. The lowest BCUT2D eigenvalue weighted by molar-refractivity contribution is -0.0816. The molecule has 0 heterocycles. The van der Waals surface area contributed by atoms with Crippen LogP contribution < -0.4 is 5.73 Å². The van der Waals surface area contributed by atoms with Gasteiger partial charge in [-0.15, -0.1) is 0 Å². The zero-order valence-corrected chi connectivity index (χ0v) is 31.5. The first-order valence-electron chi connectivity index (χ1n) is 19.9. The Balaban J connectivity index is 1.64. The van der Waals surface area contributed by atoms with E-state index in [0.717, 1.165) is 53.3 Å². The van der Waals surface area contributed by atoms with Gasteiger partial charge in [-0.3, -0.25) is 0 Å². The van der Waals surface area contributed by atoms with E-state index >= 15 is 0 Å². The van der Waals surface area contributed by atoms with Gasteiger partial charge in [0.15, 0.2) is 0 Å². The summed E-state index contributed by atoms with van der Waals surface area (Å²) >= 11 is 0. The topological polar surface area (TPSA) is 26.0 Å². The van der Waals surface area contributed by atoms with Crippen molar-refractivity contribution in [1.82, 2.24) is 0 Å². The van der Waals surface area contributed by atoms with Gasteiger partial charge >= 0.3 is 0 Å². The molecule has 1 nitrogen and oxygen atoms in total. The molecular formula is C42H79N.